The number of morpholine rings is 1. The number of likely N-dealkylation sites (N-methyl/N-ethyl adjacent to an activating group) is 2. The fraction of sp³-hybridized carbons (Fsp3) is 0.385. The van der Waals surface area contributed by atoms with Crippen LogP contribution in [0.5, 0.6) is 0 Å². The Bertz CT molecular complexity index is 447. The summed E-state index contributed by atoms with van der Waals surface area (Å²) in [5, 5.41) is 2.57. The van der Waals surface area contributed by atoms with Crippen LogP contribution in [0.1, 0.15) is 11.6 Å². The van der Waals surface area contributed by atoms with E-state index in [0.29, 0.717) is 0 Å². The van der Waals surface area contributed by atoms with E-state index in [0.717, 1.165) is 5.56 Å². The van der Waals surface area contributed by atoms with Gasteiger partial charge in [0.1, 0.15) is 6.61 Å². The topological polar surface area (TPSA) is 58.6 Å². The molecule has 0 radical (unpaired) electrons. The van der Waals surface area contributed by atoms with Gasteiger partial charge in [-0.1, -0.05) is 30.3 Å². The first-order valence-corrected chi connectivity index (χ1v) is 5.79. The Morgan fingerprint density at radius 2 is 2.06 bits per heavy atom. The van der Waals surface area contributed by atoms with Crippen LogP contribution in [0, 0.1) is 0 Å². The first-order chi connectivity index (χ1) is 8.65. The second kappa shape index (κ2) is 5.18. The molecule has 1 aliphatic heterocycles. The molecular weight excluding hydrogens is 232 g/mol. The van der Waals surface area contributed by atoms with Gasteiger partial charge in [0, 0.05) is 14.1 Å². The number of benzene rings is 1. The first kappa shape index (κ1) is 12.6. The number of ether oxygens (including phenoxy) is 1. The van der Waals surface area contributed by atoms with Crippen molar-refractivity contribution < 1.29 is 14.3 Å². The second-order valence-electron chi connectivity index (χ2n) is 4.21. The average molecular weight is 248 g/mol. The van der Waals surface area contributed by atoms with Crippen molar-refractivity contribution in [3.05, 3.63) is 35.9 Å². The molecular formula is C13H16N2O3. The van der Waals surface area contributed by atoms with Gasteiger partial charge in [-0.05, 0) is 5.56 Å². The molecule has 1 aliphatic rings. The number of rotatable bonds is 2. The van der Waals surface area contributed by atoms with Crippen LogP contribution in [0.3, 0.4) is 0 Å². The summed E-state index contributed by atoms with van der Waals surface area (Å²) < 4.78 is 5.38. The number of amides is 2. The van der Waals surface area contributed by atoms with Crippen LogP contribution in [-0.2, 0) is 14.3 Å². The molecule has 1 N–H and O–H groups in total. The summed E-state index contributed by atoms with van der Waals surface area (Å²) in [6, 6.07) is 9.04. The van der Waals surface area contributed by atoms with Crippen molar-refractivity contribution in [2.24, 2.45) is 0 Å². The van der Waals surface area contributed by atoms with Gasteiger partial charge in [0.05, 0.1) is 6.04 Å². The fourth-order valence-electron chi connectivity index (χ4n) is 2.12. The summed E-state index contributed by atoms with van der Waals surface area (Å²) in [4.78, 5) is 25.1. The minimum absolute atomic E-state index is 0.0576. The van der Waals surface area contributed by atoms with Crippen LogP contribution < -0.4 is 5.32 Å². The maximum atomic E-state index is 11.8. The molecule has 0 spiro atoms. The summed E-state index contributed by atoms with van der Waals surface area (Å²) in [5.41, 5.74) is 0.890. The smallest absolute Gasteiger partial charge is 0.251 e. The summed E-state index contributed by atoms with van der Waals surface area (Å²) in [6.07, 6.45) is -0.667. The van der Waals surface area contributed by atoms with Crippen molar-refractivity contribution >= 4 is 11.8 Å². The van der Waals surface area contributed by atoms with E-state index in [2.05, 4.69) is 5.32 Å². The lowest BCUT2D eigenvalue weighted by Crippen LogP contribution is -2.52. The van der Waals surface area contributed by atoms with E-state index in [-0.39, 0.29) is 24.5 Å². The third-order valence-corrected chi connectivity index (χ3v) is 3.13. The Labute approximate surface area is 106 Å². The van der Waals surface area contributed by atoms with E-state index in [1.807, 2.05) is 30.3 Å². The van der Waals surface area contributed by atoms with Crippen LogP contribution in [0.4, 0.5) is 0 Å². The molecule has 0 bridgehead atoms. The molecule has 0 saturated carbocycles. The standard InChI is InChI=1S/C13H16N2O3/c1-14-13(17)12-11(9-6-4-3-5-7-9)15(2)10(16)8-18-12/h3-7,11-12H,8H2,1-2H3,(H,14,17). The minimum atomic E-state index is -0.667. The molecule has 2 rings (SSSR count). The predicted molar refractivity (Wildman–Crippen MR) is 65.8 cm³/mol. The quantitative estimate of drug-likeness (QED) is 0.820. The molecule has 2 unspecified atom stereocenters. The lowest BCUT2D eigenvalue weighted by molar-refractivity contribution is -0.161. The summed E-state index contributed by atoms with van der Waals surface area (Å²) in [6.45, 7) is -0.0576. The van der Waals surface area contributed by atoms with Gasteiger partial charge < -0.3 is 15.0 Å². The van der Waals surface area contributed by atoms with Crippen LogP contribution in [-0.4, -0.2) is 43.5 Å². The molecule has 2 amide bonds. The van der Waals surface area contributed by atoms with Gasteiger partial charge in [-0.25, -0.2) is 0 Å². The van der Waals surface area contributed by atoms with Crippen LogP contribution in [0.25, 0.3) is 0 Å². The van der Waals surface area contributed by atoms with Crippen molar-refractivity contribution in [1.29, 1.82) is 0 Å². The van der Waals surface area contributed by atoms with E-state index in [1.54, 1.807) is 19.0 Å². The molecule has 1 aromatic carbocycles. The number of nitrogens with one attached hydrogen (secondary N) is 1. The SMILES string of the molecule is CNC(=O)C1OCC(=O)N(C)C1c1ccccc1. The van der Waals surface area contributed by atoms with Gasteiger partial charge in [-0.2, -0.15) is 0 Å². The number of hydrogen-bond donors (Lipinski definition) is 1. The van der Waals surface area contributed by atoms with Crippen molar-refractivity contribution in [2.75, 3.05) is 20.7 Å². The third kappa shape index (κ3) is 2.22. The molecule has 0 aliphatic carbocycles. The highest BCUT2D eigenvalue weighted by atomic mass is 16.5. The highest BCUT2D eigenvalue weighted by Gasteiger charge is 2.39. The molecule has 18 heavy (non-hydrogen) atoms. The molecule has 96 valence electrons. The lowest BCUT2D eigenvalue weighted by Gasteiger charge is -2.38. The maximum absolute atomic E-state index is 11.8. The summed E-state index contributed by atoms with van der Waals surface area (Å²) in [7, 11) is 3.25. The van der Waals surface area contributed by atoms with E-state index in [1.165, 1.54) is 0 Å². The van der Waals surface area contributed by atoms with E-state index < -0.39 is 6.10 Å². The molecule has 1 fully saturated rings. The van der Waals surface area contributed by atoms with Crippen molar-refractivity contribution in [1.82, 2.24) is 10.2 Å². The first-order valence-electron chi connectivity index (χ1n) is 5.79. The summed E-state index contributed by atoms with van der Waals surface area (Å²) in [5.74, 6) is -0.341. The number of carbonyl (C=O) groups is 2. The zero-order chi connectivity index (χ0) is 13.1. The third-order valence-electron chi connectivity index (χ3n) is 3.13. The van der Waals surface area contributed by atoms with Gasteiger partial charge >= 0.3 is 0 Å². The number of hydrogen-bond acceptors (Lipinski definition) is 3. The second-order valence-corrected chi connectivity index (χ2v) is 4.21. The van der Waals surface area contributed by atoms with E-state index >= 15 is 0 Å². The largest absolute Gasteiger partial charge is 0.357 e. The van der Waals surface area contributed by atoms with Crippen molar-refractivity contribution in [3.63, 3.8) is 0 Å². The molecule has 5 nitrogen and oxygen atoms in total. The summed E-state index contributed by atoms with van der Waals surface area (Å²) >= 11 is 0. The average Bonchev–Trinajstić information content (AvgIpc) is 2.41. The van der Waals surface area contributed by atoms with Crippen LogP contribution in [0.15, 0.2) is 30.3 Å². The van der Waals surface area contributed by atoms with Crippen molar-refractivity contribution in [3.8, 4) is 0 Å². The number of carbonyl (C=O) groups excluding carboxylic acids is 2. The maximum Gasteiger partial charge on any atom is 0.251 e. The van der Waals surface area contributed by atoms with Crippen LogP contribution in [0.2, 0.25) is 0 Å². The van der Waals surface area contributed by atoms with Gasteiger partial charge in [0.25, 0.3) is 5.91 Å². The highest BCUT2D eigenvalue weighted by Crippen LogP contribution is 2.28. The minimum Gasteiger partial charge on any atom is -0.357 e. The predicted octanol–water partition coefficient (Wildman–Crippen LogP) is 0.331. The molecule has 2 atom stereocenters. The highest BCUT2D eigenvalue weighted by molar-refractivity contribution is 5.86. The van der Waals surface area contributed by atoms with Gasteiger partial charge in [0.15, 0.2) is 6.10 Å². The monoisotopic (exact) mass is 248 g/mol. The van der Waals surface area contributed by atoms with Gasteiger partial charge in [-0.15, -0.1) is 0 Å². The van der Waals surface area contributed by atoms with Crippen molar-refractivity contribution in [2.45, 2.75) is 12.1 Å². The Morgan fingerprint density at radius 3 is 2.67 bits per heavy atom. The van der Waals surface area contributed by atoms with Gasteiger partial charge in [-0.3, -0.25) is 9.59 Å². The number of nitrogens with zero attached hydrogens (tertiary/aromatic N) is 1. The molecule has 1 heterocycles. The van der Waals surface area contributed by atoms with E-state index in [4.69, 9.17) is 4.74 Å². The van der Waals surface area contributed by atoms with Gasteiger partial charge in [0.2, 0.25) is 5.91 Å². The fourth-order valence-corrected chi connectivity index (χ4v) is 2.12. The Kier molecular flexibility index (Phi) is 3.62. The van der Waals surface area contributed by atoms with E-state index in [9.17, 15) is 9.59 Å². The van der Waals surface area contributed by atoms with Crippen LogP contribution >= 0.6 is 0 Å². The molecule has 1 saturated heterocycles. The Morgan fingerprint density at radius 1 is 1.39 bits per heavy atom. The Hall–Kier alpha value is -1.88. The molecule has 1 aromatic rings. The zero-order valence-electron chi connectivity index (χ0n) is 10.4. The normalized spacial score (nSPS) is 23.9. The zero-order valence-corrected chi connectivity index (χ0v) is 10.4. The molecule has 0 aromatic heterocycles. The molecule has 5 heteroatoms. The lowest BCUT2D eigenvalue weighted by atomic mass is 9.98. The Balaban J connectivity index is 2.35.